The normalized spacial score (nSPS) is 14.9. The lowest BCUT2D eigenvalue weighted by Crippen LogP contribution is -2.45. The minimum Gasteiger partial charge on any atom is -0.481 e. The molecular formula is C21H33NO3Si. The highest BCUT2D eigenvalue weighted by molar-refractivity contribution is 6.74. The molecule has 0 amide bonds. The Labute approximate surface area is 159 Å². The molecule has 0 saturated carbocycles. The van der Waals surface area contributed by atoms with Crippen LogP contribution in [0.1, 0.15) is 38.8 Å². The summed E-state index contributed by atoms with van der Waals surface area (Å²) in [5.41, 5.74) is 2.90. The quantitative estimate of drug-likeness (QED) is 0.589. The second-order valence-electron chi connectivity index (χ2n) is 8.11. The van der Waals surface area contributed by atoms with Crippen molar-refractivity contribution in [2.24, 2.45) is 5.92 Å². The van der Waals surface area contributed by atoms with Gasteiger partial charge in [-0.1, -0.05) is 57.7 Å². The highest BCUT2D eigenvalue weighted by atomic mass is 28.4. The van der Waals surface area contributed by atoms with Crippen molar-refractivity contribution in [2.75, 3.05) is 12.4 Å². The van der Waals surface area contributed by atoms with Gasteiger partial charge in [0.05, 0.1) is 12.0 Å². The van der Waals surface area contributed by atoms with E-state index in [0.29, 0.717) is 0 Å². The molecule has 1 aromatic rings. The van der Waals surface area contributed by atoms with E-state index in [-0.39, 0.29) is 11.1 Å². The van der Waals surface area contributed by atoms with E-state index < -0.39 is 20.2 Å². The molecule has 2 unspecified atom stereocenters. The molecule has 0 fully saturated rings. The Kier molecular flexibility index (Phi) is 7.42. The van der Waals surface area contributed by atoms with Gasteiger partial charge in [0.15, 0.2) is 8.32 Å². The zero-order valence-corrected chi connectivity index (χ0v) is 18.1. The lowest BCUT2D eigenvalue weighted by Gasteiger charge is -2.39. The van der Waals surface area contributed by atoms with Gasteiger partial charge in [0.25, 0.3) is 0 Å². The number of aliphatic carboxylic acids is 1. The minimum absolute atomic E-state index is 0.0379. The van der Waals surface area contributed by atoms with E-state index in [0.717, 1.165) is 16.8 Å². The molecule has 5 heteroatoms. The van der Waals surface area contributed by atoms with Gasteiger partial charge in [-0.25, -0.2) is 0 Å². The Balaban J connectivity index is 3.03. The van der Waals surface area contributed by atoms with Crippen LogP contribution >= 0.6 is 0 Å². The zero-order chi connectivity index (χ0) is 20.1. The summed E-state index contributed by atoms with van der Waals surface area (Å²) in [5, 5.41) is 12.8. The second-order valence-corrected chi connectivity index (χ2v) is 12.9. The number of hydrogen-bond donors (Lipinski definition) is 2. The number of carboxylic acid groups (broad SMARTS) is 1. The molecule has 1 aromatic carbocycles. The Morgan fingerprint density at radius 2 is 1.96 bits per heavy atom. The molecule has 26 heavy (non-hydrogen) atoms. The van der Waals surface area contributed by atoms with Crippen LogP contribution in [0.4, 0.5) is 5.69 Å². The standard InChI is InChI=1S/C21H33NO3Si/c1-9-17-12-10-16(14-19(17)22-6)11-13-18(20(23)24)15(2)25-26(7,8)21(3,4)5/h9-15,18,22H,1H2,2-8H3,(H,23,24)/b13-11+. The van der Waals surface area contributed by atoms with Crippen molar-refractivity contribution in [3.63, 3.8) is 0 Å². The molecule has 0 aromatic heterocycles. The first kappa shape index (κ1) is 22.2. The molecule has 144 valence electrons. The maximum Gasteiger partial charge on any atom is 0.312 e. The van der Waals surface area contributed by atoms with Crippen LogP contribution < -0.4 is 5.32 Å². The topological polar surface area (TPSA) is 58.6 Å². The van der Waals surface area contributed by atoms with E-state index in [1.54, 1.807) is 12.2 Å². The third-order valence-corrected chi connectivity index (χ3v) is 9.71. The summed E-state index contributed by atoms with van der Waals surface area (Å²) in [5.74, 6) is -1.56. The fourth-order valence-electron chi connectivity index (χ4n) is 2.44. The number of hydrogen-bond acceptors (Lipinski definition) is 3. The first-order valence-electron chi connectivity index (χ1n) is 8.96. The largest absolute Gasteiger partial charge is 0.481 e. The maximum atomic E-state index is 11.8. The summed E-state index contributed by atoms with van der Waals surface area (Å²) in [4.78, 5) is 11.8. The van der Waals surface area contributed by atoms with Crippen molar-refractivity contribution in [3.05, 3.63) is 42.0 Å². The van der Waals surface area contributed by atoms with Gasteiger partial charge in [-0.05, 0) is 42.2 Å². The SMILES string of the molecule is C=Cc1ccc(/C=C/C(C(=O)O)C(C)O[Si](C)(C)C(C)(C)C)cc1NC. The lowest BCUT2D eigenvalue weighted by atomic mass is 10.0. The van der Waals surface area contributed by atoms with E-state index in [9.17, 15) is 9.90 Å². The van der Waals surface area contributed by atoms with Crippen molar-refractivity contribution in [2.45, 2.75) is 51.9 Å². The summed E-state index contributed by atoms with van der Waals surface area (Å²) in [6.07, 6.45) is 4.97. The van der Waals surface area contributed by atoms with E-state index in [4.69, 9.17) is 4.43 Å². The summed E-state index contributed by atoms with van der Waals surface area (Å²) in [7, 11) is -0.178. The molecule has 0 saturated heterocycles. The first-order chi connectivity index (χ1) is 11.9. The Morgan fingerprint density at radius 3 is 2.42 bits per heavy atom. The van der Waals surface area contributed by atoms with Gasteiger partial charge in [-0.2, -0.15) is 0 Å². The van der Waals surface area contributed by atoms with Gasteiger partial charge < -0.3 is 14.8 Å². The zero-order valence-electron chi connectivity index (χ0n) is 17.1. The van der Waals surface area contributed by atoms with E-state index in [1.165, 1.54) is 0 Å². The number of rotatable bonds is 8. The van der Waals surface area contributed by atoms with E-state index in [1.807, 2.05) is 38.2 Å². The van der Waals surface area contributed by atoms with Crippen molar-refractivity contribution >= 4 is 32.1 Å². The molecule has 0 aliphatic rings. The number of carboxylic acids is 1. The molecule has 2 atom stereocenters. The van der Waals surface area contributed by atoms with Gasteiger partial charge in [-0.15, -0.1) is 0 Å². The van der Waals surface area contributed by atoms with Crippen molar-refractivity contribution in [1.29, 1.82) is 0 Å². The van der Waals surface area contributed by atoms with Crippen LogP contribution in [0.3, 0.4) is 0 Å². The van der Waals surface area contributed by atoms with Gasteiger partial charge in [0.1, 0.15) is 0 Å². The Hall–Kier alpha value is -1.85. The summed E-state index contributed by atoms with van der Waals surface area (Å²) in [6.45, 7) is 16.4. The third kappa shape index (κ3) is 5.58. The second kappa shape index (κ2) is 8.69. The maximum absolute atomic E-state index is 11.8. The van der Waals surface area contributed by atoms with E-state index >= 15 is 0 Å². The van der Waals surface area contributed by atoms with Crippen LogP contribution in [-0.2, 0) is 9.22 Å². The van der Waals surface area contributed by atoms with Crippen LogP contribution in [0.2, 0.25) is 18.1 Å². The molecule has 1 rings (SSSR count). The predicted octanol–water partition coefficient (Wildman–Crippen LogP) is 5.50. The highest BCUT2D eigenvalue weighted by Crippen LogP contribution is 2.38. The first-order valence-corrected chi connectivity index (χ1v) is 11.9. The molecule has 0 heterocycles. The summed E-state index contributed by atoms with van der Waals surface area (Å²) >= 11 is 0. The summed E-state index contributed by atoms with van der Waals surface area (Å²) in [6, 6.07) is 5.89. The molecule has 0 aliphatic carbocycles. The number of carbonyl (C=O) groups is 1. The van der Waals surface area contributed by atoms with Gasteiger partial charge in [0.2, 0.25) is 0 Å². The van der Waals surface area contributed by atoms with E-state index in [2.05, 4.69) is 45.8 Å². The molecule has 2 N–H and O–H groups in total. The van der Waals surface area contributed by atoms with Crippen molar-refractivity contribution < 1.29 is 14.3 Å². The van der Waals surface area contributed by atoms with Crippen LogP contribution in [0.5, 0.6) is 0 Å². The average molecular weight is 376 g/mol. The highest BCUT2D eigenvalue weighted by Gasteiger charge is 2.40. The smallest absolute Gasteiger partial charge is 0.312 e. The Bertz CT molecular complexity index is 674. The molecule has 0 bridgehead atoms. The molecule has 0 aliphatic heterocycles. The third-order valence-electron chi connectivity index (χ3n) is 5.14. The monoisotopic (exact) mass is 375 g/mol. The molecular weight excluding hydrogens is 342 g/mol. The fourth-order valence-corrected chi connectivity index (χ4v) is 3.87. The average Bonchev–Trinajstić information content (AvgIpc) is 2.52. The van der Waals surface area contributed by atoms with Crippen LogP contribution in [0.15, 0.2) is 30.9 Å². The van der Waals surface area contributed by atoms with Gasteiger partial charge >= 0.3 is 5.97 Å². The number of benzene rings is 1. The van der Waals surface area contributed by atoms with Crippen LogP contribution in [-0.4, -0.2) is 32.5 Å². The summed E-state index contributed by atoms with van der Waals surface area (Å²) < 4.78 is 6.28. The number of nitrogens with one attached hydrogen (secondary N) is 1. The predicted molar refractivity (Wildman–Crippen MR) is 114 cm³/mol. The van der Waals surface area contributed by atoms with Crippen LogP contribution in [0, 0.1) is 5.92 Å². The van der Waals surface area contributed by atoms with Gasteiger partial charge in [0, 0.05) is 12.7 Å². The van der Waals surface area contributed by atoms with Crippen LogP contribution in [0.25, 0.3) is 12.2 Å². The lowest BCUT2D eigenvalue weighted by molar-refractivity contribution is -0.142. The van der Waals surface area contributed by atoms with Gasteiger partial charge in [-0.3, -0.25) is 4.79 Å². The number of anilines is 1. The van der Waals surface area contributed by atoms with Crippen molar-refractivity contribution in [1.82, 2.24) is 0 Å². The fraction of sp³-hybridized carbons (Fsp3) is 0.476. The Morgan fingerprint density at radius 1 is 1.35 bits per heavy atom. The molecule has 4 nitrogen and oxygen atoms in total. The molecule has 0 spiro atoms. The molecule has 0 radical (unpaired) electrons. The minimum atomic E-state index is -2.03. The van der Waals surface area contributed by atoms with Crippen molar-refractivity contribution in [3.8, 4) is 0 Å².